The van der Waals surface area contributed by atoms with E-state index in [9.17, 15) is 0 Å². The van der Waals surface area contributed by atoms with E-state index in [2.05, 4.69) is 94.4 Å². The summed E-state index contributed by atoms with van der Waals surface area (Å²) in [5, 5.41) is 0. The minimum Gasteiger partial charge on any atom is -0.0646 e. The van der Waals surface area contributed by atoms with E-state index in [0.717, 1.165) is 0 Å². The Hall–Kier alpha value is -0.780. The molecule has 0 aliphatic heterocycles. The van der Waals surface area contributed by atoms with Crippen molar-refractivity contribution in [1.29, 1.82) is 0 Å². The zero-order chi connectivity index (χ0) is 18.9. The van der Waals surface area contributed by atoms with Crippen LogP contribution in [0.15, 0.2) is 18.2 Å². The average Bonchev–Trinajstić information content (AvgIpc) is 2.42. The highest BCUT2D eigenvalue weighted by atomic mass is 14.4. The van der Waals surface area contributed by atoms with Gasteiger partial charge in [-0.05, 0) is 57.6 Å². The maximum atomic E-state index is 2.53. The third-order valence-electron chi connectivity index (χ3n) is 5.57. The highest BCUT2D eigenvalue weighted by molar-refractivity contribution is 5.41. The molecule has 1 atom stereocenters. The summed E-state index contributed by atoms with van der Waals surface area (Å²) in [4.78, 5) is 0. The standard InChI is InChI=1S/C24H42/c1-12-24(10,11)21-14-13-18(23(7,8)9)15-19(21)20(17(2)3)16-22(4,5)6/h13-15,17,20H,12,16H2,1-11H3. The van der Waals surface area contributed by atoms with E-state index in [1.165, 1.54) is 18.4 Å². The lowest BCUT2D eigenvalue weighted by atomic mass is 9.69. The number of hydrogen-bond donors (Lipinski definition) is 0. The van der Waals surface area contributed by atoms with Crippen molar-refractivity contribution in [1.82, 2.24) is 0 Å². The molecule has 0 fully saturated rings. The molecule has 0 aliphatic rings. The Bertz CT molecular complexity index is 532. The Labute approximate surface area is 152 Å². The van der Waals surface area contributed by atoms with Gasteiger partial charge in [-0.1, -0.05) is 94.4 Å². The summed E-state index contributed by atoms with van der Waals surface area (Å²) in [5.74, 6) is 1.28. The zero-order valence-corrected chi connectivity index (χ0v) is 18.3. The van der Waals surface area contributed by atoms with Crippen molar-refractivity contribution in [2.75, 3.05) is 0 Å². The van der Waals surface area contributed by atoms with Gasteiger partial charge in [-0.3, -0.25) is 0 Å². The first-order valence-electron chi connectivity index (χ1n) is 9.84. The molecule has 0 bridgehead atoms. The lowest BCUT2D eigenvalue weighted by molar-refractivity contribution is 0.297. The van der Waals surface area contributed by atoms with Crippen LogP contribution >= 0.6 is 0 Å². The minimum atomic E-state index is 0.201. The van der Waals surface area contributed by atoms with Gasteiger partial charge in [0.25, 0.3) is 0 Å². The highest BCUT2D eigenvalue weighted by Gasteiger charge is 2.30. The van der Waals surface area contributed by atoms with E-state index in [-0.39, 0.29) is 10.8 Å². The van der Waals surface area contributed by atoms with E-state index in [1.807, 2.05) is 0 Å². The number of hydrogen-bond acceptors (Lipinski definition) is 0. The average molecular weight is 331 g/mol. The normalized spacial score (nSPS) is 15.0. The molecule has 0 aromatic heterocycles. The maximum Gasteiger partial charge on any atom is -0.0103 e. The summed E-state index contributed by atoms with van der Waals surface area (Å²) in [6, 6.07) is 7.32. The fraction of sp³-hybridized carbons (Fsp3) is 0.750. The quantitative estimate of drug-likeness (QED) is 0.515. The zero-order valence-electron chi connectivity index (χ0n) is 18.3. The molecule has 0 heteroatoms. The number of rotatable bonds is 5. The van der Waals surface area contributed by atoms with Gasteiger partial charge in [0.2, 0.25) is 0 Å². The molecule has 0 spiro atoms. The van der Waals surface area contributed by atoms with Crippen molar-refractivity contribution in [2.24, 2.45) is 11.3 Å². The molecule has 0 aliphatic carbocycles. The van der Waals surface area contributed by atoms with Gasteiger partial charge in [-0.15, -0.1) is 0 Å². The highest BCUT2D eigenvalue weighted by Crippen LogP contribution is 2.43. The molecule has 1 aromatic carbocycles. The van der Waals surface area contributed by atoms with Crippen LogP contribution < -0.4 is 0 Å². The van der Waals surface area contributed by atoms with Crippen molar-refractivity contribution >= 4 is 0 Å². The van der Waals surface area contributed by atoms with Crippen LogP contribution in [-0.2, 0) is 10.8 Å². The molecule has 0 nitrogen and oxygen atoms in total. The molecule has 0 radical (unpaired) electrons. The van der Waals surface area contributed by atoms with Crippen molar-refractivity contribution in [2.45, 2.75) is 106 Å². The van der Waals surface area contributed by atoms with E-state index in [4.69, 9.17) is 0 Å². The molecule has 0 N–H and O–H groups in total. The van der Waals surface area contributed by atoms with Crippen molar-refractivity contribution in [3.8, 4) is 0 Å². The van der Waals surface area contributed by atoms with Crippen LogP contribution in [0.2, 0.25) is 0 Å². The van der Waals surface area contributed by atoms with Crippen LogP contribution in [0, 0.1) is 11.3 Å². The van der Waals surface area contributed by atoms with Crippen LogP contribution in [0.25, 0.3) is 0 Å². The van der Waals surface area contributed by atoms with E-state index in [1.54, 1.807) is 11.1 Å². The molecular weight excluding hydrogens is 288 g/mol. The summed E-state index contributed by atoms with van der Waals surface area (Å²) >= 11 is 0. The SMILES string of the molecule is CCC(C)(C)c1ccc(C(C)(C)C)cc1C(CC(C)(C)C)C(C)C. The predicted molar refractivity (Wildman–Crippen MR) is 110 cm³/mol. The first-order chi connectivity index (χ1) is 10.7. The first kappa shape index (κ1) is 21.3. The smallest absolute Gasteiger partial charge is 0.0103 e. The van der Waals surface area contributed by atoms with Crippen molar-refractivity contribution < 1.29 is 0 Å². The van der Waals surface area contributed by atoms with Gasteiger partial charge in [-0.2, -0.15) is 0 Å². The predicted octanol–water partition coefficient (Wildman–Crippen LogP) is 7.85. The van der Waals surface area contributed by atoms with E-state index >= 15 is 0 Å². The lowest BCUT2D eigenvalue weighted by Crippen LogP contribution is -2.24. The third kappa shape index (κ3) is 5.36. The topological polar surface area (TPSA) is 0 Å². The van der Waals surface area contributed by atoms with Crippen LogP contribution in [0.3, 0.4) is 0 Å². The van der Waals surface area contributed by atoms with Crippen LogP contribution in [0.1, 0.15) is 112 Å². The second kappa shape index (κ2) is 7.22. The molecular formula is C24H42. The maximum absolute atomic E-state index is 2.53. The van der Waals surface area contributed by atoms with Gasteiger partial charge in [0, 0.05) is 0 Å². The molecule has 138 valence electrons. The van der Waals surface area contributed by atoms with Gasteiger partial charge in [0.15, 0.2) is 0 Å². The molecule has 0 amide bonds. The second-order valence-corrected chi connectivity index (χ2v) is 10.9. The number of benzene rings is 1. The Balaban J connectivity index is 3.58. The molecule has 1 rings (SSSR count). The Morgan fingerprint density at radius 1 is 0.875 bits per heavy atom. The van der Waals surface area contributed by atoms with Gasteiger partial charge in [-0.25, -0.2) is 0 Å². The second-order valence-electron chi connectivity index (χ2n) is 10.9. The Morgan fingerprint density at radius 3 is 1.79 bits per heavy atom. The van der Waals surface area contributed by atoms with E-state index in [0.29, 0.717) is 17.3 Å². The molecule has 1 aromatic rings. The molecule has 24 heavy (non-hydrogen) atoms. The fourth-order valence-corrected chi connectivity index (χ4v) is 3.51. The van der Waals surface area contributed by atoms with Crippen LogP contribution in [-0.4, -0.2) is 0 Å². The van der Waals surface area contributed by atoms with Crippen molar-refractivity contribution in [3.63, 3.8) is 0 Å². The summed E-state index contributed by atoms with van der Waals surface area (Å²) < 4.78 is 0. The molecule has 0 saturated carbocycles. The lowest BCUT2D eigenvalue weighted by Gasteiger charge is -2.36. The monoisotopic (exact) mass is 330 g/mol. The van der Waals surface area contributed by atoms with Gasteiger partial charge < -0.3 is 0 Å². The van der Waals surface area contributed by atoms with Crippen LogP contribution in [0.4, 0.5) is 0 Å². The summed E-state index contributed by atoms with van der Waals surface area (Å²) in [7, 11) is 0. The third-order valence-corrected chi connectivity index (χ3v) is 5.57. The fourth-order valence-electron chi connectivity index (χ4n) is 3.51. The van der Waals surface area contributed by atoms with Gasteiger partial charge in [0.05, 0.1) is 0 Å². The summed E-state index contributed by atoms with van der Waals surface area (Å²) in [6.07, 6.45) is 2.42. The minimum absolute atomic E-state index is 0.201. The van der Waals surface area contributed by atoms with E-state index < -0.39 is 0 Å². The molecule has 0 heterocycles. The van der Waals surface area contributed by atoms with Crippen LogP contribution in [0.5, 0.6) is 0 Å². The van der Waals surface area contributed by atoms with Gasteiger partial charge >= 0.3 is 0 Å². The first-order valence-corrected chi connectivity index (χ1v) is 9.84. The van der Waals surface area contributed by atoms with Crippen molar-refractivity contribution in [3.05, 3.63) is 34.9 Å². The summed E-state index contributed by atoms with van der Waals surface area (Å²) in [6.45, 7) is 26.0. The summed E-state index contributed by atoms with van der Waals surface area (Å²) in [5.41, 5.74) is 5.40. The molecule has 0 saturated heterocycles. The van der Waals surface area contributed by atoms with Gasteiger partial charge in [0.1, 0.15) is 0 Å². The largest absolute Gasteiger partial charge is 0.0646 e. The molecule has 1 unspecified atom stereocenters. The Kier molecular flexibility index (Phi) is 6.40. The Morgan fingerprint density at radius 2 is 1.42 bits per heavy atom.